The zero-order valence-electron chi connectivity index (χ0n) is 14.2. The highest BCUT2D eigenvalue weighted by atomic mass is 19.1. The van der Waals surface area contributed by atoms with E-state index in [1.165, 1.54) is 6.07 Å². The summed E-state index contributed by atoms with van der Waals surface area (Å²) in [7, 11) is 0. The van der Waals surface area contributed by atoms with Crippen molar-refractivity contribution in [3.05, 3.63) is 90.0 Å². The van der Waals surface area contributed by atoms with Crippen molar-refractivity contribution in [2.75, 3.05) is 0 Å². The first-order chi connectivity index (χ1) is 13.2. The van der Waals surface area contributed by atoms with Crippen molar-refractivity contribution >= 4 is 0 Å². The Balaban J connectivity index is 1.81. The number of nitriles is 1. The van der Waals surface area contributed by atoms with Crippen LogP contribution in [-0.2, 0) is 6.54 Å². The molecule has 130 valence electrons. The van der Waals surface area contributed by atoms with E-state index >= 15 is 0 Å². The highest BCUT2D eigenvalue weighted by molar-refractivity contribution is 5.66. The molecule has 0 aliphatic rings. The SMILES string of the molecule is N#Cc1ccc(-c2cc(-c3ncccn3)nn2Cc2ccccc2F)cc1. The molecule has 27 heavy (non-hydrogen) atoms. The Morgan fingerprint density at radius 1 is 0.963 bits per heavy atom. The molecule has 0 saturated carbocycles. The number of halogens is 1. The van der Waals surface area contributed by atoms with Crippen molar-refractivity contribution in [2.24, 2.45) is 0 Å². The Hall–Kier alpha value is -3.85. The smallest absolute Gasteiger partial charge is 0.180 e. The molecule has 0 aliphatic heterocycles. The van der Waals surface area contributed by atoms with Gasteiger partial charge in [0.25, 0.3) is 0 Å². The Labute approximate surface area is 155 Å². The van der Waals surface area contributed by atoms with E-state index in [4.69, 9.17) is 5.26 Å². The van der Waals surface area contributed by atoms with Crippen molar-refractivity contribution in [2.45, 2.75) is 6.54 Å². The highest BCUT2D eigenvalue weighted by Gasteiger charge is 2.14. The largest absolute Gasteiger partial charge is 0.260 e. The van der Waals surface area contributed by atoms with Gasteiger partial charge < -0.3 is 0 Å². The number of hydrogen-bond acceptors (Lipinski definition) is 4. The van der Waals surface area contributed by atoms with Crippen LogP contribution in [0, 0.1) is 17.1 Å². The lowest BCUT2D eigenvalue weighted by Crippen LogP contribution is -2.06. The summed E-state index contributed by atoms with van der Waals surface area (Å²) in [4.78, 5) is 8.49. The lowest BCUT2D eigenvalue weighted by molar-refractivity contribution is 0.587. The van der Waals surface area contributed by atoms with E-state index in [9.17, 15) is 4.39 Å². The Morgan fingerprint density at radius 2 is 1.70 bits per heavy atom. The van der Waals surface area contributed by atoms with Crippen LogP contribution in [0.15, 0.2) is 73.1 Å². The number of hydrogen-bond donors (Lipinski definition) is 0. The summed E-state index contributed by atoms with van der Waals surface area (Å²) in [5.41, 5.74) is 3.39. The van der Waals surface area contributed by atoms with Gasteiger partial charge in [-0.05, 0) is 35.9 Å². The normalized spacial score (nSPS) is 10.5. The van der Waals surface area contributed by atoms with Crippen molar-refractivity contribution < 1.29 is 4.39 Å². The first-order valence-corrected chi connectivity index (χ1v) is 8.34. The van der Waals surface area contributed by atoms with Crippen LogP contribution in [0.5, 0.6) is 0 Å². The fourth-order valence-electron chi connectivity index (χ4n) is 2.81. The van der Waals surface area contributed by atoms with Crippen LogP contribution < -0.4 is 0 Å². The fraction of sp³-hybridized carbons (Fsp3) is 0.0476. The van der Waals surface area contributed by atoms with Gasteiger partial charge in [-0.15, -0.1) is 0 Å². The number of benzene rings is 2. The summed E-state index contributed by atoms with van der Waals surface area (Å²) in [5, 5.41) is 13.6. The van der Waals surface area contributed by atoms with E-state index in [-0.39, 0.29) is 12.4 Å². The number of aromatic nitrogens is 4. The molecule has 0 bridgehead atoms. The second kappa shape index (κ2) is 7.18. The van der Waals surface area contributed by atoms with Crippen LogP contribution >= 0.6 is 0 Å². The summed E-state index contributed by atoms with van der Waals surface area (Å²) in [5.74, 6) is 0.218. The zero-order valence-corrected chi connectivity index (χ0v) is 14.2. The van der Waals surface area contributed by atoms with Gasteiger partial charge in [0.15, 0.2) is 5.82 Å². The van der Waals surface area contributed by atoms with Crippen LogP contribution in [0.3, 0.4) is 0 Å². The maximum Gasteiger partial charge on any atom is 0.180 e. The first-order valence-electron chi connectivity index (χ1n) is 8.34. The van der Waals surface area contributed by atoms with E-state index in [1.807, 2.05) is 18.2 Å². The van der Waals surface area contributed by atoms with Gasteiger partial charge in [-0.25, -0.2) is 14.4 Å². The standard InChI is InChI=1S/C21H14FN5/c22-18-5-2-1-4-17(18)14-27-20(16-8-6-15(13-23)7-9-16)12-19(26-27)21-24-10-3-11-25-21/h1-12H,14H2. The third kappa shape index (κ3) is 3.44. The molecule has 0 spiro atoms. The van der Waals surface area contributed by atoms with Gasteiger partial charge in [0.1, 0.15) is 11.5 Å². The maximum absolute atomic E-state index is 14.1. The minimum atomic E-state index is -0.281. The molecule has 0 saturated heterocycles. The monoisotopic (exact) mass is 355 g/mol. The Morgan fingerprint density at radius 3 is 2.41 bits per heavy atom. The van der Waals surface area contributed by atoms with E-state index < -0.39 is 0 Å². The van der Waals surface area contributed by atoms with Gasteiger partial charge in [-0.1, -0.05) is 30.3 Å². The second-order valence-electron chi connectivity index (χ2n) is 5.93. The van der Waals surface area contributed by atoms with Crippen molar-refractivity contribution in [1.29, 1.82) is 5.26 Å². The molecule has 0 N–H and O–H groups in total. The van der Waals surface area contributed by atoms with Crippen molar-refractivity contribution in [1.82, 2.24) is 19.7 Å². The molecule has 0 amide bonds. The second-order valence-corrected chi connectivity index (χ2v) is 5.93. The quantitative estimate of drug-likeness (QED) is 0.553. The van der Waals surface area contributed by atoms with Crippen LogP contribution in [0.1, 0.15) is 11.1 Å². The molecular weight excluding hydrogens is 341 g/mol. The maximum atomic E-state index is 14.1. The number of nitrogens with zero attached hydrogens (tertiary/aromatic N) is 5. The van der Waals surface area contributed by atoms with Gasteiger partial charge in [-0.3, -0.25) is 4.68 Å². The molecule has 0 radical (unpaired) electrons. The van der Waals surface area contributed by atoms with Gasteiger partial charge in [0.05, 0.1) is 23.9 Å². The molecule has 2 heterocycles. The van der Waals surface area contributed by atoms with Crippen LogP contribution in [0.2, 0.25) is 0 Å². The highest BCUT2D eigenvalue weighted by Crippen LogP contribution is 2.26. The number of rotatable bonds is 4. The summed E-state index contributed by atoms with van der Waals surface area (Å²) in [6.45, 7) is 0.273. The van der Waals surface area contributed by atoms with Crippen LogP contribution in [-0.4, -0.2) is 19.7 Å². The van der Waals surface area contributed by atoms with Gasteiger partial charge in [-0.2, -0.15) is 10.4 Å². The van der Waals surface area contributed by atoms with Crippen molar-refractivity contribution in [3.8, 4) is 28.8 Å². The lowest BCUT2D eigenvalue weighted by Gasteiger charge is -2.08. The molecule has 4 rings (SSSR count). The van der Waals surface area contributed by atoms with Gasteiger partial charge in [0, 0.05) is 18.0 Å². The first kappa shape index (κ1) is 16.6. The van der Waals surface area contributed by atoms with E-state index in [0.29, 0.717) is 22.6 Å². The molecule has 2 aromatic carbocycles. The molecule has 0 atom stereocenters. The molecule has 0 fully saturated rings. The average Bonchev–Trinajstić information content (AvgIpc) is 3.14. The topological polar surface area (TPSA) is 67.4 Å². The molecule has 6 heteroatoms. The average molecular weight is 355 g/mol. The predicted octanol–water partition coefficient (Wildman–Crippen LogP) is 4.07. The zero-order chi connectivity index (χ0) is 18.6. The summed E-state index contributed by atoms with van der Waals surface area (Å²) >= 11 is 0. The summed E-state index contributed by atoms with van der Waals surface area (Å²) in [6.07, 6.45) is 3.30. The lowest BCUT2D eigenvalue weighted by atomic mass is 10.1. The summed E-state index contributed by atoms with van der Waals surface area (Å²) in [6, 6.07) is 19.5. The molecule has 5 nitrogen and oxygen atoms in total. The molecule has 2 aromatic heterocycles. The Bertz CT molecular complexity index is 1110. The van der Waals surface area contributed by atoms with E-state index in [0.717, 1.165) is 11.3 Å². The van der Waals surface area contributed by atoms with E-state index in [1.54, 1.807) is 53.5 Å². The Kier molecular flexibility index (Phi) is 4.42. The third-order valence-electron chi connectivity index (χ3n) is 4.16. The summed E-state index contributed by atoms with van der Waals surface area (Å²) < 4.78 is 15.9. The van der Waals surface area contributed by atoms with Gasteiger partial charge >= 0.3 is 0 Å². The van der Waals surface area contributed by atoms with E-state index in [2.05, 4.69) is 21.1 Å². The predicted molar refractivity (Wildman–Crippen MR) is 98.9 cm³/mol. The molecule has 4 aromatic rings. The van der Waals surface area contributed by atoms with Crippen LogP contribution in [0.25, 0.3) is 22.8 Å². The third-order valence-corrected chi connectivity index (χ3v) is 4.16. The molecule has 0 aliphatic carbocycles. The molecular formula is C21H14FN5. The van der Waals surface area contributed by atoms with Crippen LogP contribution in [0.4, 0.5) is 4.39 Å². The fourth-order valence-corrected chi connectivity index (χ4v) is 2.81. The van der Waals surface area contributed by atoms with Crippen molar-refractivity contribution in [3.63, 3.8) is 0 Å². The van der Waals surface area contributed by atoms with Gasteiger partial charge in [0.2, 0.25) is 0 Å². The minimum Gasteiger partial charge on any atom is -0.260 e. The minimum absolute atomic E-state index is 0.273. The molecule has 0 unspecified atom stereocenters.